The van der Waals surface area contributed by atoms with E-state index in [4.69, 9.17) is 32.8 Å². The van der Waals surface area contributed by atoms with Gasteiger partial charge in [0.25, 0.3) is 0 Å². The lowest BCUT2D eigenvalue weighted by Crippen LogP contribution is -2.55. The van der Waals surface area contributed by atoms with E-state index in [1.165, 1.54) is 7.98 Å². The number of nitrogens with two attached hydrogens (primary N) is 1. The van der Waals surface area contributed by atoms with Crippen LogP contribution < -0.4 is 37.9 Å². The Bertz CT molecular complexity index is 815. The molecule has 0 aliphatic carbocycles. The summed E-state index contributed by atoms with van der Waals surface area (Å²) in [7, 11) is 1.45. The molecule has 0 unspecified atom stereocenters. The minimum atomic E-state index is -0.489. The molecule has 1 aromatic rings. The van der Waals surface area contributed by atoms with Crippen molar-refractivity contribution in [3.8, 4) is 0 Å². The number of nitrogen functional groups attached to an aromatic ring is 1. The Morgan fingerprint density at radius 3 is 1.76 bits per heavy atom. The molecule has 86 valence electrons. The van der Waals surface area contributed by atoms with E-state index < -0.39 is 16.1 Å². The molecule has 17 heavy (non-hydrogen) atoms. The van der Waals surface area contributed by atoms with Crippen LogP contribution in [-0.4, -0.2) is 7.98 Å². The number of hydrogen-bond acceptors (Lipinski definition) is 7. The van der Waals surface area contributed by atoms with Crippen molar-refractivity contribution in [3.05, 3.63) is 37.7 Å². The van der Waals surface area contributed by atoms with Gasteiger partial charge in [-0.1, -0.05) is 0 Å². The molecule has 0 amide bonds. The molecule has 8 heteroatoms. The monoisotopic (exact) mass is 229 g/mol. The average Bonchev–Trinajstić information content (AvgIpc) is 2.33. The first-order chi connectivity index (χ1) is 7.82. The second kappa shape index (κ2) is 4.24. The second-order valence-corrected chi connectivity index (χ2v) is 3.49. The summed E-state index contributed by atoms with van der Waals surface area (Å²) in [5.41, 5.74) is 6.08. The molecule has 0 saturated heterocycles. The van der Waals surface area contributed by atoms with Crippen LogP contribution in [0.4, 0.5) is 5.69 Å². The number of rotatable bonds is 0. The lowest BCUT2D eigenvalue weighted by molar-refractivity contribution is 0.974. The standard InChI is InChI=1S/C9H12BN7/c1-2-3(11)4(12)5(13)6(14)7(15)8(16)9(2)17-10/h12-16H,10-11H2,1H3. The maximum absolute atomic E-state index is 7.74. The first-order valence-electron chi connectivity index (χ1n) is 4.71. The van der Waals surface area contributed by atoms with Gasteiger partial charge in [0.2, 0.25) is 7.98 Å². The third-order valence-corrected chi connectivity index (χ3v) is 2.49. The molecule has 0 saturated carbocycles. The van der Waals surface area contributed by atoms with E-state index in [2.05, 4.69) is 4.90 Å². The highest BCUT2D eigenvalue weighted by Crippen LogP contribution is 1.90. The molecule has 1 rings (SSSR count). The smallest absolute Gasteiger partial charge is 0.245 e. The molecule has 0 atom stereocenters. The minimum absolute atomic E-state index is 0.0117. The summed E-state index contributed by atoms with van der Waals surface area (Å²) in [6, 6.07) is 0. The predicted octanol–water partition coefficient (Wildman–Crippen LogP) is -3.70. The second-order valence-electron chi connectivity index (χ2n) is 3.49. The van der Waals surface area contributed by atoms with Crippen molar-refractivity contribution in [2.24, 2.45) is 4.90 Å². The molecule has 7 nitrogen and oxygen atoms in total. The van der Waals surface area contributed by atoms with E-state index in [1.54, 1.807) is 6.92 Å². The molecule has 0 bridgehead atoms. The van der Waals surface area contributed by atoms with Crippen molar-refractivity contribution in [1.29, 1.82) is 27.0 Å². The van der Waals surface area contributed by atoms with Gasteiger partial charge in [0.05, 0.1) is 11.0 Å². The molecule has 0 heterocycles. The first kappa shape index (κ1) is 12.7. The summed E-state index contributed by atoms with van der Waals surface area (Å²) in [4.78, 5) is 3.86. The van der Waals surface area contributed by atoms with Crippen molar-refractivity contribution in [2.45, 2.75) is 6.92 Å². The Kier molecular flexibility index (Phi) is 3.17. The van der Waals surface area contributed by atoms with Gasteiger partial charge in [0.1, 0.15) is 26.8 Å². The summed E-state index contributed by atoms with van der Waals surface area (Å²) in [5, 5.41) is 36.4. The zero-order chi connectivity index (χ0) is 13.3. The maximum atomic E-state index is 7.74. The number of anilines is 1. The molecule has 0 spiro atoms. The van der Waals surface area contributed by atoms with E-state index in [0.29, 0.717) is 5.56 Å². The van der Waals surface area contributed by atoms with Crippen LogP contribution in [0.5, 0.6) is 0 Å². The first-order valence-corrected chi connectivity index (χ1v) is 4.71. The van der Waals surface area contributed by atoms with Crippen LogP contribution in [0.25, 0.3) is 0 Å². The summed E-state index contributed by atoms with van der Waals surface area (Å²) in [6.07, 6.45) is 0. The van der Waals surface area contributed by atoms with Crippen LogP contribution in [0.3, 0.4) is 0 Å². The van der Waals surface area contributed by atoms with Crippen LogP contribution in [0.1, 0.15) is 5.56 Å². The normalized spacial score (nSPS) is 11.5. The van der Waals surface area contributed by atoms with Gasteiger partial charge in [-0.05, 0) is 6.92 Å². The van der Waals surface area contributed by atoms with E-state index in [-0.39, 0.29) is 21.8 Å². The molecule has 0 aliphatic heterocycles. The number of hydrogen-bond donors (Lipinski definition) is 6. The third-order valence-electron chi connectivity index (χ3n) is 2.49. The molecule has 1 aromatic carbocycles. The van der Waals surface area contributed by atoms with Crippen molar-refractivity contribution in [3.63, 3.8) is 0 Å². The maximum Gasteiger partial charge on any atom is 0.245 e. The third kappa shape index (κ3) is 1.84. The fraction of sp³-hybridized carbons (Fsp3) is 0.111. The number of nitrogens with one attached hydrogen (secondary N) is 5. The van der Waals surface area contributed by atoms with Gasteiger partial charge >= 0.3 is 0 Å². The highest BCUT2D eigenvalue weighted by molar-refractivity contribution is 6.05. The van der Waals surface area contributed by atoms with Crippen molar-refractivity contribution < 1.29 is 0 Å². The van der Waals surface area contributed by atoms with Gasteiger partial charge in [-0.3, -0.25) is 27.0 Å². The van der Waals surface area contributed by atoms with Gasteiger partial charge in [-0.25, -0.2) is 0 Å². The largest absolute Gasteiger partial charge is 0.397 e. The molecule has 0 fully saturated rings. The highest BCUT2D eigenvalue weighted by Gasteiger charge is 2.02. The van der Waals surface area contributed by atoms with E-state index in [1.807, 2.05) is 0 Å². The van der Waals surface area contributed by atoms with Crippen LogP contribution in [0, 0.1) is 34.0 Å². The Morgan fingerprint density at radius 1 is 0.882 bits per heavy atom. The Morgan fingerprint density at radius 2 is 1.29 bits per heavy atom. The summed E-state index contributed by atoms with van der Waals surface area (Å²) < 4.78 is 0. The van der Waals surface area contributed by atoms with Gasteiger partial charge in [-0.2, -0.15) is 0 Å². The minimum Gasteiger partial charge on any atom is -0.397 e. The molecule has 7 N–H and O–H groups in total. The number of nitrogens with zero attached hydrogens (tertiary/aromatic N) is 1. The van der Waals surface area contributed by atoms with E-state index >= 15 is 0 Å². The highest BCUT2D eigenvalue weighted by atomic mass is 14.6. The summed E-state index contributed by atoms with van der Waals surface area (Å²) in [6.45, 7) is 1.58. The molecule has 0 radical (unpaired) electrons. The lowest BCUT2D eigenvalue weighted by Gasteiger charge is -1.97. The molecular formula is C9H12BN7. The van der Waals surface area contributed by atoms with E-state index in [9.17, 15) is 0 Å². The average molecular weight is 229 g/mol. The zero-order valence-corrected chi connectivity index (χ0v) is 9.52. The predicted molar refractivity (Wildman–Crippen MR) is 61.3 cm³/mol. The van der Waals surface area contributed by atoms with Gasteiger partial charge in [0.15, 0.2) is 0 Å². The Hall–Kier alpha value is -2.38. The summed E-state index contributed by atoms with van der Waals surface area (Å²) in [5.74, 6) is 0. The van der Waals surface area contributed by atoms with Crippen molar-refractivity contribution >= 4 is 13.7 Å². The fourth-order valence-electron chi connectivity index (χ4n) is 1.41. The van der Waals surface area contributed by atoms with Gasteiger partial charge in [-0.15, -0.1) is 0 Å². The Labute approximate surface area is 96.7 Å². The van der Waals surface area contributed by atoms with Crippen LogP contribution in [0.2, 0.25) is 0 Å². The van der Waals surface area contributed by atoms with E-state index in [0.717, 1.165) is 0 Å². The molecular weight excluding hydrogens is 217 g/mol. The van der Waals surface area contributed by atoms with Crippen LogP contribution >= 0.6 is 0 Å². The SMILES string of the molecule is BN=c1c(C)c(N)c(=N)c(=N)c(=N)c(=N)c1=N. The fourth-order valence-corrected chi connectivity index (χ4v) is 1.41. The Balaban J connectivity index is 4.58. The van der Waals surface area contributed by atoms with Crippen molar-refractivity contribution in [1.82, 2.24) is 0 Å². The van der Waals surface area contributed by atoms with Crippen molar-refractivity contribution in [2.75, 3.05) is 5.73 Å². The quantitative estimate of drug-likeness (QED) is 0.248. The molecule has 0 aromatic heterocycles. The summed E-state index contributed by atoms with van der Waals surface area (Å²) >= 11 is 0. The van der Waals surface area contributed by atoms with Gasteiger partial charge < -0.3 is 10.6 Å². The van der Waals surface area contributed by atoms with Crippen LogP contribution in [0.15, 0.2) is 4.90 Å². The molecule has 0 aliphatic rings. The zero-order valence-electron chi connectivity index (χ0n) is 9.52. The van der Waals surface area contributed by atoms with Crippen LogP contribution in [-0.2, 0) is 0 Å². The topological polar surface area (TPSA) is 158 Å². The lowest BCUT2D eigenvalue weighted by atomic mass is 10.1. The van der Waals surface area contributed by atoms with Gasteiger partial charge in [0, 0.05) is 5.56 Å².